The molecule has 4 aliphatic rings. The van der Waals surface area contributed by atoms with Crippen LogP contribution in [0.4, 0.5) is 5.69 Å². The van der Waals surface area contributed by atoms with Crippen LogP contribution in [0.3, 0.4) is 0 Å². The topological polar surface area (TPSA) is 123 Å². The molecule has 4 aromatic carbocycles. The molecule has 0 radical (unpaired) electrons. The predicted octanol–water partition coefficient (Wildman–Crippen LogP) is 6.29. The van der Waals surface area contributed by atoms with E-state index in [1.165, 1.54) is 0 Å². The van der Waals surface area contributed by atoms with E-state index in [4.69, 9.17) is 16.3 Å². The highest BCUT2D eigenvalue weighted by molar-refractivity contribution is 6.23. The second kappa shape index (κ2) is 18.2. The number of benzene rings is 4. The number of likely N-dealkylation sites (tertiary alicyclic amines) is 1. The number of carbonyl (C=O) groups excluding carboxylic acids is 4. The van der Waals surface area contributed by atoms with Gasteiger partial charge in [0.2, 0.25) is 11.8 Å². The van der Waals surface area contributed by atoms with Gasteiger partial charge in [0.05, 0.1) is 11.1 Å². The lowest BCUT2D eigenvalue weighted by atomic mass is 9.88. The Morgan fingerprint density at radius 3 is 2.08 bits per heavy atom. The van der Waals surface area contributed by atoms with Gasteiger partial charge in [0.15, 0.2) is 0 Å². The molecule has 0 aromatic heterocycles. The first-order valence-electron chi connectivity index (χ1n) is 20.7. The average Bonchev–Trinajstić information content (AvgIpc) is 3.50. The van der Waals surface area contributed by atoms with Crippen molar-refractivity contribution in [2.75, 3.05) is 69.7 Å². The smallest absolute Gasteiger partial charge is 0.262 e. The largest absolute Gasteiger partial charge is 0.508 e. The number of aromatic hydroxyl groups is 1. The molecule has 0 spiro atoms. The van der Waals surface area contributed by atoms with Crippen molar-refractivity contribution >= 4 is 52.1 Å². The molecule has 4 aromatic rings. The molecule has 0 bridgehead atoms. The number of phenols is 1. The SMILES string of the molecule is O=C1CCC(N2C(=O)c3ccc(N4CCN(CC5CCN(CCOc6ccc(C(=C(CCCl)c7ccccc7)c7ccc(O)cc7)cc6)CC5)CC4)cc3C2=O)C(=O)N1. The van der Waals surface area contributed by atoms with Crippen LogP contribution >= 0.6 is 11.6 Å². The Bertz CT molecular complexity index is 2200. The number of alkyl halides is 1. The molecule has 59 heavy (non-hydrogen) atoms. The minimum Gasteiger partial charge on any atom is -0.508 e. The van der Waals surface area contributed by atoms with Gasteiger partial charge >= 0.3 is 0 Å². The molecule has 8 rings (SSSR count). The van der Waals surface area contributed by atoms with Crippen LogP contribution in [0.5, 0.6) is 11.5 Å². The number of nitrogens with zero attached hydrogens (tertiary/aromatic N) is 4. The minimum atomic E-state index is -0.964. The van der Waals surface area contributed by atoms with Crippen LogP contribution in [0.1, 0.15) is 69.5 Å². The molecule has 306 valence electrons. The second-order valence-electron chi connectivity index (χ2n) is 15.8. The Labute approximate surface area is 350 Å². The van der Waals surface area contributed by atoms with Gasteiger partial charge in [-0.2, -0.15) is 0 Å². The summed E-state index contributed by atoms with van der Waals surface area (Å²) in [5.41, 5.74) is 6.97. The number of fused-ring (bicyclic) bond motifs is 1. The predicted molar refractivity (Wildman–Crippen MR) is 229 cm³/mol. The molecule has 11 nitrogen and oxygen atoms in total. The zero-order valence-corrected chi connectivity index (χ0v) is 33.9. The van der Waals surface area contributed by atoms with E-state index in [0.717, 1.165) is 109 Å². The highest BCUT2D eigenvalue weighted by Crippen LogP contribution is 2.36. The van der Waals surface area contributed by atoms with Crippen LogP contribution in [0.25, 0.3) is 11.1 Å². The maximum Gasteiger partial charge on any atom is 0.262 e. The first kappa shape index (κ1) is 40.3. The quantitative estimate of drug-likeness (QED) is 0.0911. The monoisotopic (exact) mass is 815 g/mol. The van der Waals surface area contributed by atoms with Gasteiger partial charge in [-0.1, -0.05) is 54.6 Å². The van der Waals surface area contributed by atoms with Crippen LogP contribution in [0.15, 0.2) is 97.1 Å². The van der Waals surface area contributed by atoms with Gasteiger partial charge in [-0.3, -0.25) is 39.2 Å². The third kappa shape index (κ3) is 9.07. The van der Waals surface area contributed by atoms with Crippen LogP contribution in [0.2, 0.25) is 0 Å². The molecule has 3 fully saturated rings. The normalized spacial score (nSPS) is 19.8. The van der Waals surface area contributed by atoms with Gasteiger partial charge in [-0.15, -0.1) is 11.6 Å². The fourth-order valence-electron chi connectivity index (χ4n) is 8.90. The number of hydrogen-bond acceptors (Lipinski definition) is 9. The standard InChI is InChI=1S/C47H50ClN5O6/c48-21-18-39(33-4-2-1-3-5-33)44(34-6-11-37(54)12-7-34)35-8-13-38(14-9-35)59-29-28-50-22-19-32(20-23-50)31-51-24-26-52(27-25-51)36-10-15-40-41(30-36)47(58)53(46(40)57)42-16-17-43(55)49-45(42)56/h1-15,30,32,42,54H,16-29,31H2,(H,49,55,56). The number of ether oxygens (including phenoxy) is 1. The molecule has 12 heteroatoms. The van der Waals surface area contributed by atoms with Crippen molar-refractivity contribution < 1.29 is 29.0 Å². The number of rotatable bonds is 13. The van der Waals surface area contributed by atoms with Crippen molar-refractivity contribution in [2.45, 2.75) is 38.1 Å². The summed E-state index contributed by atoms with van der Waals surface area (Å²) in [7, 11) is 0. The number of nitrogens with one attached hydrogen (secondary N) is 1. The Morgan fingerprint density at radius 2 is 1.41 bits per heavy atom. The molecule has 2 N–H and O–H groups in total. The summed E-state index contributed by atoms with van der Waals surface area (Å²) in [5.74, 6) is 0.259. The Balaban J connectivity index is 0.792. The molecule has 3 saturated heterocycles. The summed E-state index contributed by atoms with van der Waals surface area (Å²) < 4.78 is 6.24. The van der Waals surface area contributed by atoms with Crippen molar-refractivity contribution in [1.82, 2.24) is 20.0 Å². The maximum absolute atomic E-state index is 13.3. The zero-order valence-electron chi connectivity index (χ0n) is 33.2. The van der Waals surface area contributed by atoms with E-state index in [2.05, 4.69) is 44.3 Å². The number of allylic oxidation sites excluding steroid dienone is 1. The van der Waals surface area contributed by atoms with E-state index in [0.29, 0.717) is 36.0 Å². The number of amides is 4. The molecule has 4 amide bonds. The zero-order chi connectivity index (χ0) is 40.9. The Kier molecular flexibility index (Phi) is 12.4. The number of imide groups is 2. The van der Waals surface area contributed by atoms with Crippen LogP contribution in [0, 0.1) is 5.92 Å². The van der Waals surface area contributed by atoms with E-state index in [1.807, 2.05) is 48.5 Å². The van der Waals surface area contributed by atoms with E-state index in [1.54, 1.807) is 24.3 Å². The van der Waals surface area contributed by atoms with Crippen molar-refractivity contribution in [1.29, 1.82) is 0 Å². The fourth-order valence-corrected chi connectivity index (χ4v) is 9.09. The number of halogens is 1. The van der Waals surface area contributed by atoms with Crippen LogP contribution < -0.4 is 15.0 Å². The lowest BCUT2D eigenvalue weighted by Gasteiger charge is -2.39. The summed E-state index contributed by atoms with van der Waals surface area (Å²) in [4.78, 5) is 58.8. The lowest BCUT2D eigenvalue weighted by molar-refractivity contribution is -0.136. The average molecular weight is 816 g/mol. The van der Waals surface area contributed by atoms with Gasteiger partial charge in [-0.05, 0) is 115 Å². The van der Waals surface area contributed by atoms with E-state index in [9.17, 15) is 24.3 Å². The van der Waals surface area contributed by atoms with Gasteiger partial charge in [0, 0.05) is 57.3 Å². The van der Waals surface area contributed by atoms with E-state index >= 15 is 0 Å². The number of piperazine rings is 1. The summed E-state index contributed by atoms with van der Waals surface area (Å²) in [5, 5.41) is 12.2. The molecular formula is C47H50ClN5O6. The highest BCUT2D eigenvalue weighted by atomic mass is 35.5. The summed E-state index contributed by atoms with van der Waals surface area (Å²) in [6, 6.07) is 30.3. The van der Waals surface area contributed by atoms with Gasteiger partial charge < -0.3 is 14.7 Å². The van der Waals surface area contributed by atoms with Crippen LogP contribution in [-0.4, -0.2) is 114 Å². The molecule has 4 aliphatic heterocycles. The molecule has 1 atom stereocenters. The van der Waals surface area contributed by atoms with Crippen molar-refractivity contribution in [3.05, 3.63) is 125 Å². The Hall–Kier alpha value is -5.49. The first-order valence-corrected chi connectivity index (χ1v) is 21.2. The Morgan fingerprint density at radius 1 is 0.729 bits per heavy atom. The third-order valence-electron chi connectivity index (χ3n) is 12.1. The van der Waals surface area contributed by atoms with Gasteiger partial charge in [0.1, 0.15) is 24.1 Å². The van der Waals surface area contributed by atoms with Gasteiger partial charge in [0.25, 0.3) is 11.8 Å². The highest BCUT2D eigenvalue weighted by Gasteiger charge is 2.45. The third-order valence-corrected chi connectivity index (χ3v) is 12.3. The number of anilines is 1. The maximum atomic E-state index is 13.3. The molecular weight excluding hydrogens is 766 g/mol. The number of phenolic OH excluding ortho intramolecular Hbond substituents is 1. The van der Waals surface area contributed by atoms with Crippen molar-refractivity contribution in [3.63, 3.8) is 0 Å². The molecule has 0 aliphatic carbocycles. The lowest BCUT2D eigenvalue weighted by Crippen LogP contribution is -2.54. The van der Waals surface area contributed by atoms with Crippen molar-refractivity contribution in [3.8, 4) is 11.5 Å². The number of piperidine rings is 2. The molecule has 1 unspecified atom stereocenters. The summed E-state index contributed by atoms with van der Waals surface area (Å²) >= 11 is 6.33. The van der Waals surface area contributed by atoms with E-state index < -0.39 is 23.8 Å². The number of hydrogen-bond donors (Lipinski definition) is 2. The number of carbonyl (C=O) groups is 4. The minimum absolute atomic E-state index is 0.0989. The van der Waals surface area contributed by atoms with Crippen LogP contribution in [-0.2, 0) is 9.59 Å². The van der Waals surface area contributed by atoms with Gasteiger partial charge in [-0.25, -0.2) is 0 Å². The van der Waals surface area contributed by atoms with E-state index in [-0.39, 0.29) is 24.5 Å². The molecule has 4 heterocycles. The summed E-state index contributed by atoms with van der Waals surface area (Å²) in [6.07, 6.45) is 3.25. The van der Waals surface area contributed by atoms with Crippen molar-refractivity contribution in [2.24, 2.45) is 5.92 Å². The molecule has 0 saturated carbocycles. The second-order valence-corrected chi connectivity index (χ2v) is 16.2. The first-order chi connectivity index (χ1) is 28.7. The fraction of sp³-hybridized carbons (Fsp3) is 0.362. The summed E-state index contributed by atoms with van der Waals surface area (Å²) in [6.45, 7) is 8.15.